The first-order valence-electron chi connectivity index (χ1n) is 9.15. The van der Waals surface area contributed by atoms with E-state index in [-0.39, 0.29) is 24.6 Å². The van der Waals surface area contributed by atoms with E-state index in [0.717, 1.165) is 17.7 Å². The van der Waals surface area contributed by atoms with Gasteiger partial charge in [-0.05, 0) is 36.5 Å². The van der Waals surface area contributed by atoms with Crippen LogP contribution in [0.2, 0.25) is 0 Å². The van der Waals surface area contributed by atoms with Gasteiger partial charge in [0.05, 0.1) is 0 Å². The first-order chi connectivity index (χ1) is 12.9. The Morgan fingerprint density at radius 2 is 1.96 bits per heavy atom. The van der Waals surface area contributed by atoms with Gasteiger partial charge < -0.3 is 15.6 Å². The predicted octanol–water partition coefficient (Wildman–Crippen LogP) is 2.29. The number of hydrogen-bond acceptors (Lipinski definition) is 4. The number of H-pyrrole nitrogens is 1. The number of carbonyl (C=O) groups excluding carboxylic acids is 2. The van der Waals surface area contributed by atoms with Gasteiger partial charge in [0.2, 0.25) is 5.91 Å². The summed E-state index contributed by atoms with van der Waals surface area (Å²) < 4.78 is 0. The number of aryl methyl sites for hydroxylation is 1. The summed E-state index contributed by atoms with van der Waals surface area (Å²) in [6.07, 6.45) is 1.60. The number of hydrogen-bond donors (Lipinski definition) is 3. The van der Waals surface area contributed by atoms with E-state index >= 15 is 0 Å². The second kappa shape index (κ2) is 9.66. The molecule has 0 spiro atoms. The molecular formula is C20H26N4O3. The van der Waals surface area contributed by atoms with Gasteiger partial charge in [-0.1, -0.05) is 39.0 Å². The summed E-state index contributed by atoms with van der Waals surface area (Å²) in [7, 11) is 0. The van der Waals surface area contributed by atoms with Gasteiger partial charge in [-0.3, -0.25) is 9.59 Å². The molecule has 0 unspecified atom stereocenters. The van der Waals surface area contributed by atoms with Crippen molar-refractivity contribution in [2.75, 3.05) is 11.9 Å². The molecular weight excluding hydrogens is 344 g/mol. The smallest absolute Gasteiger partial charge is 0.345 e. The third kappa shape index (κ3) is 6.36. The fraction of sp³-hybridized carbons (Fsp3) is 0.400. The Hall–Kier alpha value is -2.96. The van der Waals surface area contributed by atoms with Crippen LogP contribution in [0.3, 0.4) is 0 Å². The van der Waals surface area contributed by atoms with E-state index < -0.39 is 11.6 Å². The fourth-order valence-electron chi connectivity index (χ4n) is 2.72. The Labute approximate surface area is 158 Å². The molecule has 1 aromatic heterocycles. The number of carbonyl (C=O) groups is 2. The van der Waals surface area contributed by atoms with Crippen molar-refractivity contribution in [2.45, 2.75) is 40.0 Å². The minimum atomic E-state index is -0.549. The zero-order chi connectivity index (χ0) is 19.8. The summed E-state index contributed by atoms with van der Waals surface area (Å²) in [5.41, 5.74) is 2.02. The van der Waals surface area contributed by atoms with Crippen LogP contribution in [0.4, 0.5) is 5.69 Å². The van der Waals surface area contributed by atoms with Crippen molar-refractivity contribution in [3.8, 4) is 0 Å². The molecule has 0 saturated carbocycles. The molecule has 0 aliphatic carbocycles. The Bertz CT molecular complexity index is 858. The lowest BCUT2D eigenvalue weighted by Gasteiger charge is -2.10. The minimum Gasteiger partial charge on any atom is -0.350 e. The lowest BCUT2D eigenvalue weighted by molar-refractivity contribution is -0.116. The highest BCUT2D eigenvalue weighted by atomic mass is 16.2. The quantitative estimate of drug-likeness (QED) is 0.663. The molecule has 2 aromatic rings. The van der Waals surface area contributed by atoms with Crippen LogP contribution in [-0.2, 0) is 17.6 Å². The largest absolute Gasteiger partial charge is 0.350 e. The van der Waals surface area contributed by atoms with Gasteiger partial charge in [-0.25, -0.2) is 4.79 Å². The molecule has 0 atom stereocenters. The minimum absolute atomic E-state index is 0.0612. The highest BCUT2D eigenvalue weighted by molar-refractivity contribution is 5.94. The average molecular weight is 370 g/mol. The molecule has 0 aliphatic rings. The number of nitrogens with zero attached hydrogens (tertiary/aromatic N) is 1. The van der Waals surface area contributed by atoms with Crippen LogP contribution in [-0.4, -0.2) is 28.3 Å². The van der Waals surface area contributed by atoms with Gasteiger partial charge in [-0.2, -0.15) is 4.98 Å². The zero-order valence-electron chi connectivity index (χ0n) is 16.0. The highest BCUT2D eigenvalue weighted by Crippen LogP contribution is 2.15. The van der Waals surface area contributed by atoms with Gasteiger partial charge in [0.1, 0.15) is 5.69 Å². The maximum atomic E-state index is 12.2. The van der Waals surface area contributed by atoms with Gasteiger partial charge >= 0.3 is 5.69 Å². The van der Waals surface area contributed by atoms with Crippen molar-refractivity contribution in [2.24, 2.45) is 5.92 Å². The number of para-hydroxylation sites is 1. The molecule has 7 heteroatoms. The summed E-state index contributed by atoms with van der Waals surface area (Å²) >= 11 is 0. The topological polar surface area (TPSA) is 104 Å². The van der Waals surface area contributed by atoms with Crippen LogP contribution < -0.4 is 16.3 Å². The SMILES string of the molecule is CCc1ccccc1NC(=O)CCNC(=O)c1cc(CC(C)C)[nH]c(=O)n1. The van der Waals surface area contributed by atoms with Crippen LogP contribution in [0, 0.1) is 5.92 Å². The molecule has 0 fully saturated rings. The van der Waals surface area contributed by atoms with E-state index in [1.165, 1.54) is 0 Å². The number of aromatic nitrogens is 2. The van der Waals surface area contributed by atoms with Gasteiger partial charge in [0.25, 0.3) is 5.91 Å². The molecule has 144 valence electrons. The Morgan fingerprint density at radius 1 is 1.22 bits per heavy atom. The summed E-state index contributed by atoms with van der Waals surface area (Å²) in [6.45, 7) is 6.22. The van der Waals surface area contributed by atoms with E-state index in [9.17, 15) is 14.4 Å². The predicted molar refractivity (Wildman–Crippen MR) is 105 cm³/mol. The molecule has 3 N–H and O–H groups in total. The first-order valence-corrected chi connectivity index (χ1v) is 9.15. The number of benzene rings is 1. The molecule has 2 amide bonds. The summed E-state index contributed by atoms with van der Waals surface area (Å²) in [4.78, 5) is 42.3. The van der Waals surface area contributed by atoms with Gasteiger partial charge in [0.15, 0.2) is 0 Å². The van der Waals surface area contributed by atoms with E-state index in [1.54, 1.807) is 6.07 Å². The average Bonchev–Trinajstić information content (AvgIpc) is 2.61. The third-order valence-electron chi connectivity index (χ3n) is 3.97. The maximum absolute atomic E-state index is 12.2. The molecule has 1 aromatic carbocycles. The lowest BCUT2D eigenvalue weighted by atomic mass is 10.1. The van der Waals surface area contributed by atoms with Crippen molar-refractivity contribution in [1.29, 1.82) is 0 Å². The maximum Gasteiger partial charge on any atom is 0.345 e. The molecule has 0 radical (unpaired) electrons. The molecule has 2 rings (SSSR count). The Kier molecular flexibility index (Phi) is 7.28. The standard InChI is InChI=1S/C20H26N4O3/c1-4-14-7-5-6-8-16(14)23-18(25)9-10-21-19(26)17-12-15(11-13(2)3)22-20(27)24-17/h5-8,12-13H,4,9-11H2,1-3H3,(H,21,26)(H,23,25)(H,22,24,27). The molecule has 1 heterocycles. The van der Waals surface area contributed by atoms with E-state index in [2.05, 4.69) is 20.6 Å². The summed E-state index contributed by atoms with van der Waals surface area (Å²) in [5, 5.41) is 5.49. The first kappa shape index (κ1) is 20.4. The van der Waals surface area contributed by atoms with Crippen LogP contribution in [0.1, 0.15) is 48.9 Å². The van der Waals surface area contributed by atoms with Crippen LogP contribution in [0.5, 0.6) is 0 Å². The molecule has 0 saturated heterocycles. The van der Waals surface area contributed by atoms with Crippen LogP contribution >= 0.6 is 0 Å². The Balaban J connectivity index is 1.89. The van der Waals surface area contributed by atoms with Crippen LogP contribution in [0.25, 0.3) is 0 Å². The second-order valence-corrected chi connectivity index (χ2v) is 6.76. The molecule has 0 bridgehead atoms. The third-order valence-corrected chi connectivity index (χ3v) is 3.97. The number of anilines is 1. The Morgan fingerprint density at radius 3 is 2.67 bits per heavy atom. The molecule has 7 nitrogen and oxygen atoms in total. The van der Waals surface area contributed by atoms with Crippen molar-refractivity contribution < 1.29 is 9.59 Å². The van der Waals surface area contributed by atoms with Crippen molar-refractivity contribution >= 4 is 17.5 Å². The summed E-state index contributed by atoms with van der Waals surface area (Å²) in [6, 6.07) is 9.19. The number of nitrogens with one attached hydrogen (secondary N) is 3. The van der Waals surface area contributed by atoms with Crippen molar-refractivity contribution in [1.82, 2.24) is 15.3 Å². The number of aromatic amines is 1. The van der Waals surface area contributed by atoms with Crippen molar-refractivity contribution in [3.63, 3.8) is 0 Å². The van der Waals surface area contributed by atoms with E-state index in [1.807, 2.05) is 45.0 Å². The zero-order valence-corrected chi connectivity index (χ0v) is 16.0. The second-order valence-electron chi connectivity index (χ2n) is 6.76. The number of amides is 2. The van der Waals surface area contributed by atoms with Crippen LogP contribution in [0.15, 0.2) is 35.1 Å². The van der Waals surface area contributed by atoms with Crippen molar-refractivity contribution in [3.05, 3.63) is 57.8 Å². The number of rotatable bonds is 8. The summed E-state index contributed by atoms with van der Waals surface area (Å²) in [5.74, 6) is -0.308. The lowest BCUT2D eigenvalue weighted by Crippen LogP contribution is -2.30. The molecule has 0 aliphatic heterocycles. The monoisotopic (exact) mass is 370 g/mol. The van der Waals surface area contributed by atoms with E-state index in [4.69, 9.17) is 0 Å². The van der Waals surface area contributed by atoms with E-state index in [0.29, 0.717) is 18.0 Å². The van der Waals surface area contributed by atoms with Gasteiger partial charge in [0, 0.05) is 24.3 Å². The molecule has 27 heavy (non-hydrogen) atoms. The highest BCUT2D eigenvalue weighted by Gasteiger charge is 2.12. The fourth-order valence-corrected chi connectivity index (χ4v) is 2.72. The normalized spacial score (nSPS) is 10.7. The van der Waals surface area contributed by atoms with Gasteiger partial charge in [-0.15, -0.1) is 0 Å².